The van der Waals surface area contributed by atoms with Crippen LogP contribution in [-0.4, -0.2) is 6.03 Å². The molecule has 144 valence electrons. The van der Waals surface area contributed by atoms with Gasteiger partial charge in [-0.05, 0) is 36.4 Å². The highest BCUT2D eigenvalue weighted by Gasteiger charge is 2.33. The highest BCUT2D eigenvalue weighted by Crippen LogP contribution is 2.35. The molecule has 0 aliphatic rings. The van der Waals surface area contributed by atoms with Crippen molar-refractivity contribution in [2.75, 3.05) is 10.6 Å². The fourth-order valence-corrected chi connectivity index (χ4v) is 2.58. The first-order chi connectivity index (χ1) is 13.3. The number of carbonyl (C=O) groups is 1. The van der Waals surface area contributed by atoms with Gasteiger partial charge in [-0.2, -0.15) is 13.2 Å². The molecule has 4 nitrogen and oxygen atoms in total. The molecule has 0 fully saturated rings. The molecule has 0 saturated heterocycles. The third-order valence-electron chi connectivity index (χ3n) is 3.64. The summed E-state index contributed by atoms with van der Waals surface area (Å²) < 4.78 is 44.9. The molecule has 0 aliphatic heterocycles. The Balaban J connectivity index is 1.80. The van der Waals surface area contributed by atoms with E-state index in [9.17, 15) is 18.0 Å². The van der Waals surface area contributed by atoms with Crippen molar-refractivity contribution < 1.29 is 22.7 Å². The van der Waals surface area contributed by atoms with E-state index in [1.54, 1.807) is 24.3 Å². The van der Waals surface area contributed by atoms with Gasteiger partial charge in [-0.3, -0.25) is 0 Å². The number of para-hydroxylation sites is 2. The summed E-state index contributed by atoms with van der Waals surface area (Å²) in [6.45, 7) is 0. The van der Waals surface area contributed by atoms with Gasteiger partial charge in [-0.25, -0.2) is 4.79 Å². The van der Waals surface area contributed by atoms with E-state index in [0.717, 1.165) is 6.07 Å². The number of hydrogen-bond acceptors (Lipinski definition) is 2. The van der Waals surface area contributed by atoms with Crippen molar-refractivity contribution in [3.05, 3.63) is 83.4 Å². The topological polar surface area (TPSA) is 50.4 Å². The van der Waals surface area contributed by atoms with E-state index in [1.807, 2.05) is 6.07 Å². The van der Waals surface area contributed by atoms with Crippen LogP contribution >= 0.6 is 11.6 Å². The largest absolute Gasteiger partial charge is 0.455 e. The SMILES string of the molecule is O=C(Nc1ccc(Cl)cc1Oc1ccccc1)Nc1ccccc1C(F)(F)F. The van der Waals surface area contributed by atoms with Crippen molar-refractivity contribution >= 4 is 29.0 Å². The predicted octanol–water partition coefficient (Wildman–Crippen LogP) is 6.80. The molecule has 0 radical (unpaired) electrons. The molecule has 2 N–H and O–H groups in total. The first-order valence-electron chi connectivity index (χ1n) is 8.09. The number of carbonyl (C=O) groups excluding carboxylic acids is 1. The van der Waals surface area contributed by atoms with E-state index in [1.165, 1.54) is 36.4 Å². The van der Waals surface area contributed by atoms with Crippen LogP contribution in [-0.2, 0) is 6.18 Å². The van der Waals surface area contributed by atoms with E-state index >= 15 is 0 Å². The highest BCUT2D eigenvalue weighted by atomic mass is 35.5. The standard InChI is InChI=1S/C20H14ClF3N2O2/c21-13-10-11-17(18(12-13)28-14-6-2-1-3-7-14)26-19(27)25-16-9-5-4-8-15(16)20(22,23)24/h1-12H,(H2,25,26,27). The maximum atomic E-state index is 13.1. The van der Waals surface area contributed by atoms with E-state index in [-0.39, 0.29) is 17.1 Å². The minimum atomic E-state index is -4.59. The van der Waals surface area contributed by atoms with Gasteiger partial charge in [0.25, 0.3) is 0 Å². The van der Waals surface area contributed by atoms with Gasteiger partial charge in [0.05, 0.1) is 16.9 Å². The van der Waals surface area contributed by atoms with Gasteiger partial charge >= 0.3 is 12.2 Å². The highest BCUT2D eigenvalue weighted by molar-refractivity contribution is 6.30. The molecule has 0 bridgehead atoms. The van der Waals surface area contributed by atoms with Crippen LogP contribution in [0.2, 0.25) is 5.02 Å². The molecule has 0 aromatic heterocycles. The Morgan fingerprint density at radius 1 is 0.857 bits per heavy atom. The van der Waals surface area contributed by atoms with Gasteiger partial charge in [-0.1, -0.05) is 41.9 Å². The maximum Gasteiger partial charge on any atom is 0.418 e. The molecule has 8 heteroatoms. The number of rotatable bonds is 4. The summed E-state index contributed by atoms with van der Waals surface area (Å²) in [6.07, 6.45) is -4.59. The monoisotopic (exact) mass is 406 g/mol. The average Bonchev–Trinajstić information content (AvgIpc) is 2.64. The van der Waals surface area contributed by atoms with Crippen LogP contribution in [0.4, 0.5) is 29.3 Å². The minimum absolute atomic E-state index is 0.246. The van der Waals surface area contributed by atoms with Crippen molar-refractivity contribution in [3.63, 3.8) is 0 Å². The Morgan fingerprint density at radius 2 is 1.50 bits per heavy atom. The zero-order valence-electron chi connectivity index (χ0n) is 14.3. The molecule has 0 heterocycles. The Bertz CT molecular complexity index is 979. The van der Waals surface area contributed by atoms with Crippen LogP contribution < -0.4 is 15.4 Å². The Morgan fingerprint density at radius 3 is 2.21 bits per heavy atom. The van der Waals surface area contributed by atoms with Crippen LogP contribution in [0.3, 0.4) is 0 Å². The number of benzene rings is 3. The van der Waals surface area contributed by atoms with E-state index < -0.39 is 17.8 Å². The van der Waals surface area contributed by atoms with Gasteiger partial charge < -0.3 is 15.4 Å². The zero-order chi connectivity index (χ0) is 20.1. The van der Waals surface area contributed by atoms with Crippen LogP contribution in [0, 0.1) is 0 Å². The molecular formula is C20H14ClF3N2O2. The van der Waals surface area contributed by atoms with Crippen molar-refractivity contribution in [1.82, 2.24) is 0 Å². The molecule has 3 rings (SSSR count). The Kier molecular flexibility index (Phi) is 5.75. The molecule has 0 saturated carbocycles. The number of nitrogens with one attached hydrogen (secondary N) is 2. The summed E-state index contributed by atoms with van der Waals surface area (Å²) in [6, 6.07) is 17.2. The van der Waals surface area contributed by atoms with Crippen molar-refractivity contribution in [2.45, 2.75) is 6.18 Å². The van der Waals surface area contributed by atoms with Crippen molar-refractivity contribution in [3.8, 4) is 11.5 Å². The average molecular weight is 407 g/mol. The Hall–Kier alpha value is -3.19. The summed E-state index contributed by atoms with van der Waals surface area (Å²) >= 11 is 5.99. The fraction of sp³-hybridized carbons (Fsp3) is 0.0500. The first-order valence-corrected chi connectivity index (χ1v) is 8.47. The van der Waals surface area contributed by atoms with Crippen molar-refractivity contribution in [2.24, 2.45) is 0 Å². The number of anilines is 2. The molecule has 28 heavy (non-hydrogen) atoms. The van der Waals surface area contributed by atoms with E-state index in [0.29, 0.717) is 10.8 Å². The van der Waals surface area contributed by atoms with E-state index in [2.05, 4.69) is 10.6 Å². The summed E-state index contributed by atoms with van der Waals surface area (Å²) in [7, 11) is 0. The number of ether oxygens (including phenoxy) is 1. The second-order valence-electron chi connectivity index (χ2n) is 5.68. The van der Waals surface area contributed by atoms with Crippen molar-refractivity contribution in [1.29, 1.82) is 0 Å². The zero-order valence-corrected chi connectivity index (χ0v) is 15.0. The first kappa shape index (κ1) is 19.6. The van der Waals surface area contributed by atoms with Gasteiger partial charge in [0.1, 0.15) is 5.75 Å². The molecule has 0 atom stereocenters. The third kappa shape index (κ3) is 4.95. The number of hydrogen-bond donors (Lipinski definition) is 2. The lowest BCUT2D eigenvalue weighted by Gasteiger charge is -2.16. The van der Waals surface area contributed by atoms with Crippen LogP contribution in [0.5, 0.6) is 11.5 Å². The van der Waals surface area contributed by atoms with E-state index in [4.69, 9.17) is 16.3 Å². The number of halogens is 4. The summed E-state index contributed by atoms with van der Waals surface area (Å²) in [5.74, 6) is 0.758. The normalized spacial score (nSPS) is 11.0. The maximum absolute atomic E-state index is 13.1. The minimum Gasteiger partial charge on any atom is -0.455 e. The third-order valence-corrected chi connectivity index (χ3v) is 3.88. The van der Waals surface area contributed by atoms with Gasteiger partial charge in [0, 0.05) is 11.1 Å². The summed E-state index contributed by atoms with van der Waals surface area (Å²) in [4.78, 5) is 12.3. The fourth-order valence-electron chi connectivity index (χ4n) is 2.41. The predicted molar refractivity (Wildman–Crippen MR) is 102 cm³/mol. The summed E-state index contributed by atoms with van der Waals surface area (Å²) in [5.41, 5.74) is -1.05. The molecule has 0 aliphatic carbocycles. The molecule has 3 aromatic carbocycles. The number of urea groups is 1. The smallest absolute Gasteiger partial charge is 0.418 e. The lowest BCUT2D eigenvalue weighted by atomic mass is 10.1. The Labute approximate surface area is 163 Å². The molecular weight excluding hydrogens is 393 g/mol. The van der Waals surface area contributed by atoms with Gasteiger partial charge in [0.15, 0.2) is 5.75 Å². The molecule has 0 spiro atoms. The van der Waals surface area contributed by atoms with Gasteiger partial charge in [-0.15, -0.1) is 0 Å². The lowest BCUT2D eigenvalue weighted by molar-refractivity contribution is -0.136. The van der Waals surface area contributed by atoms with Crippen LogP contribution in [0.1, 0.15) is 5.56 Å². The quantitative estimate of drug-likeness (QED) is 0.501. The van der Waals surface area contributed by atoms with Crippen LogP contribution in [0.15, 0.2) is 72.8 Å². The second kappa shape index (κ2) is 8.22. The number of amides is 2. The summed E-state index contributed by atoms with van der Waals surface area (Å²) in [5, 5.41) is 5.07. The molecule has 3 aromatic rings. The number of alkyl halides is 3. The molecule has 0 unspecified atom stereocenters. The molecule has 2 amide bonds. The lowest BCUT2D eigenvalue weighted by Crippen LogP contribution is -2.22. The second-order valence-corrected chi connectivity index (χ2v) is 6.11. The van der Waals surface area contributed by atoms with Gasteiger partial charge in [0.2, 0.25) is 0 Å². The van der Waals surface area contributed by atoms with Crippen LogP contribution in [0.25, 0.3) is 0 Å².